The van der Waals surface area contributed by atoms with Gasteiger partial charge in [0.1, 0.15) is 0 Å². The molecule has 0 spiro atoms. The van der Waals surface area contributed by atoms with Crippen LogP contribution in [-0.2, 0) is 23.9 Å². The molecule has 2 rings (SSSR count). The highest BCUT2D eigenvalue weighted by Gasteiger charge is 2.38. The van der Waals surface area contributed by atoms with E-state index in [1.807, 2.05) is 13.8 Å². The first-order valence-electron chi connectivity index (χ1n) is 10.6. The molecule has 0 saturated carbocycles. The van der Waals surface area contributed by atoms with E-state index in [-0.39, 0.29) is 49.0 Å². The highest BCUT2D eigenvalue weighted by atomic mass is 16.9. The predicted molar refractivity (Wildman–Crippen MR) is 119 cm³/mol. The molecule has 34 heavy (non-hydrogen) atoms. The normalized spacial score (nSPS) is 15.6. The monoisotopic (exact) mass is 477 g/mol. The number of allylic oxidation sites excluding steroid dienone is 2. The van der Waals surface area contributed by atoms with E-state index in [0.717, 1.165) is 0 Å². The number of esters is 2. The van der Waals surface area contributed by atoms with E-state index in [0.29, 0.717) is 17.0 Å². The molecule has 0 aromatic heterocycles. The Morgan fingerprint density at radius 2 is 1.65 bits per heavy atom. The zero-order chi connectivity index (χ0) is 25.4. The van der Waals surface area contributed by atoms with Crippen LogP contribution in [0.2, 0.25) is 0 Å². The van der Waals surface area contributed by atoms with Crippen LogP contribution >= 0.6 is 0 Å². The van der Waals surface area contributed by atoms with Gasteiger partial charge in [0.15, 0.2) is 0 Å². The van der Waals surface area contributed by atoms with Crippen molar-refractivity contribution in [1.82, 2.24) is 5.32 Å². The topological polar surface area (TPSA) is 160 Å². The molecule has 0 radical (unpaired) electrons. The van der Waals surface area contributed by atoms with Crippen molar-refractivity contribution in [1.29, 1.82) is 0 Å². The average Bonchev–Trinajstić information content (AvgIpc) is 2.76. The molecule has 0 fully saturated rings. The zero-order valence-electron chi connectivity index (χ0n) is 19.4. The van der Waals surface area contributed by atoms with Crippen molar-refractivity contribution >= 4 is 17.6 Å². The molecule has 1 atom stereocenters. The van der Waals surface area contributed by atoms with Gasteiger partial charge in [-0.2, -0.15) is 0 Å². The van der Waals surface area contributed by atoms with Crippen molar-refractivity contribution in [2.75, 3.05) is 19.8 Å². The van der Waals surface area contributed by atoms with Crippen LogP contribution in [0.4, 0.5) is 5.69 Å². The summed E-state index contributed by atoms with van der Waals surface area (Å²) in [7, 11) is 0. The largest absolute Gasteiger partial charge is 0.462 e. The Balaban J connectivity index is 2.43. The number of hydrogen-bond acceptors (Lipinski definition) is 10. The van der Waals surface area contributed by atoms with Crippen molar-refractivity contribution in [2.24, 2.45) is 5.92 Å². The number of nitro benzene ring substituents is 1. The second-order valence-corrected chi connectivity index (χ2v) is 8.03. The van der Waals surface area contributed by atoms with Crippen LogP contribution in [0.5, 0.6) is 0 Å². The summed E-state index contributed by atoms with van der Waals surface area (Å²) in [5.41, 5.74) is 1.20. The molecule has 1 aromatic carbocycles. The summed E-state index contributed by atoms with van der Waals surface area (Å²) in [4.78, 5) is 51.3. The second-order valence-electron chi connectivity index (χ2n) is 8.03. The highest BCUT2D eigenvalue weighted by molar-refractivity contribution is 6.00. The lowest BCUT2D eigenvalue weighted by Crippen LogP contribution is -2.33. The number of rotatable bonds is 11. The number of nitrogens with zero attached hydrogens (tertiary/aromatic N) is 2. The van der Waals surface area contributed by atoms with E-state index in [4.69, 9.17) is 9.47 Å². The lowest BCUT2D eigenvalue weighted by Gasteiger charge is -2.30. The molecule has 1 N–H and O–H groups in total. The van der Waals surface area contributed by atoms with E-state index in [2.05, 4.69) is 10.2 Å². The third-order valence-corrected chi connectivity index (χ3v) is 4.88. The number of ether oxygens (including phenoxy) is 2. The van der Waals surface area contributed by atoms with Gasteiger partial charge in [-0.25, -0.2) is 9.59 Å². The van der Waals surface area contributed by atoms with Gasteiger partial charge in [0.05, 0.1) is 41.8 Å². The third-order valence-electron chi connectivity index (χ3n) is 4.88. The molecule has 12 heteroatoms. The second kappa shape index (κ2) is 11.8. The quantitative estimate of drug-likeness (QED) is 0.217. The maximum atomic E-state index is 13.0. The molecule has 1 aliphatic heterocycles. The first-order valence-corrected chi connectivity index (χ1v) is 10.6. The van der Waals surface area contributed by atoms with Gasteiger partial charge in [0.2, 0.25) is 0 Å². The van der Waals surface area contributed by atoms with Gasteiger partial charge in [-0.1, -0.05) is 26.0 Å². The summed E-state index contributed by atoms with van der Waals surface area (Å²) in [5, 5.41) is 23.6. The van der Waals surface area contributed by atoms with E-state index < -0.39 is 27.9 Å². The van der Waals surface area contributed by atoms with Gasteiger partial charge in [-0.05, 0) is 25.3 Å². The minimum absolute atomic E-state index is 0.0702. The average molecular weight is 477 g/mol. The van der Waals surface area contributed by atoms with Crippen LogP contribution in [0.15, 0.2) is 46.8 Å². The highest BCUT2D eigenvalue weighted by Crippen LogP contribution is 2.40. The third kappa shape index (κ3) is 6.77. The molecule has 184 valence electrons. The van der Waals surface area contributed by atoms with E-state index in [9.17, 15) is 29.8 Å². The zero-order valence-corrected chi connectivity index (χ0v) is 19.4. The Morgan fingerprint density at radius 3 is 2.21 bits per heavy atom. The Kier molecular flexibility index (Phi) is 9.10. The summed E-state index contributed by atoms with van der Waals surface area (Å²) >= 11 is 0. The van der Waals surface area contributed by atoms with Gasteiger partial charge in [-0.3, -0.25) is 10.1 Å². The number of non-ortho nitro benzene ring substituents is 1. The van der Waals surface area contributed by atoms with Gasteiger partial charge in [-0.15, -0.1) is 10.1 Å². The number of carbonyl (C=O) groups excluding carboxylic acids is 2. The number of carbonyl (C=O) groups is 2. The van der Waals surface area contributed by atoms with E-state index >= 15 is 0 Å². The number of nitrogens with one attached hydrogen (secondary N) is 1. The van der Waals surface area contributed by atoms with Gasteiger partial charge in [0.25, 0.3) is 10.8 Å². The molecule has 0 saturated heterocycles. The van der Waals surface area contributed by atoms with Crippen LogP contribution in [0, 0.1) is 26.1 Å². The van der Waals surface area contributed by atoms with E-state index in [1.54, 1.807) is 19.9 Å². The van der Waals surface area contributed by atoms with Crippen LogP contribution in [0.25, 0.3) is 0 Å². The minimum atomic E-state index is -0.983. The summed E-state index contributed by atoms with van der Waals surface area (Å²) in [6.07, 6.45) is 0.0755. The number of dihydropyridines is 1. The lowest BCUT2D eigenvalue weighted by atomic mass is 9.80. The van der Waals surface area contributed by atoms with Gasteiger partial charge >= 0.3 is 11.9 Å². The molecule has 0 amide bonds. The molecular weight excluding hydrogens is 450 g/mol. The van der Waals surface area contributed by atoms with Crippen molar-refractivity contribution in [3.8, 4) is 0 Å². The summed E-state index contributed by atoms with van der Waals surface area (Å²) in [6, 6.07) is 5.65. The number of hydrogen-bond donors (Lipinski definition) is 1. The SMILES string of the molecule is CC1=C(C(=O)OCCCO[N+](=O)[O-])C(c2cccc([N+](=O)[O-])c2)C(C(=O)OCC(C)C)=C(C)N1. The van der Waals surface area contributed by atoms with Crippen molar-refractivity contribution < 1.29 is 33.9 Å². The molecule has 0 aliphatic carbocycles. The molecule has 1 aromatic rings. The summed E-state index contributed by atoms with van der Waals surface area (Å²) in [5.74, 6) is -2.35. The fourth-order valence-electron chi connectivity index (χ4n) is 3.45. The van der Waals surface area contributed by atoms with Gasteiger partial charge < -0.3 is 19.6 Å². The summed E-state index contributed by atoms with van der Waals surface area (Å²) in [6.45, 7) is 6.75. The summed E-state index contributed by atoms with van der Waals surface area (Å²) < 4.78 is 10.7. The van der Waals surface area contributed by atoms with Crippen LogP contribution in [0.3, 0.4) is 0 Å². The van der Waals surface area contributed by atoms with Crippen molar-refractivity contribution in [3.05, 3.63) is 72.6 Å². The lowest BCUT2D eigenvalue weighted by molar-refractivity contribution is -0.757. The molecule has 1 heterocycles. The Hall–Kier alpha value is -3.96. The maximum absolute atomic E-state index is 13.0. The molecular formula is C22H27N3O9. The maximum Gasteiger partial charge on any atom is 0.336 e. The van der Waals surface area contributed by atoms with Crippen LogP contribution < -0.4 is 5.32 Å². The van der Waals surface area contributed by atoms with Gasteiger partial charge in [0, 0.05) is 29.9 Å². The van der Waals surface area contributed by atoms with Crippen LogP contribution in [-0.4, -0.2) is 41.8 Å². The predicted octanol–water partition coefficient (Wildman–Crippen LogP) is 3.17. The molecule has 1 aliphatic rings. The first-order chi connectivity index (χ1) is 16.0. The Bertz CT molecular complexity index is 1030. The Labute approximate surface area is 195 Å². The molecule has 0 bridgehead atoms. The van der Waals surface area contributed by atoms with Crippen LogP contribution in [0.1, 0.15) is 45.6 Å². The fraction of sp³-hybridized carbons (Fsp3) is 0.455. The fourth-order valence-corrected chi connectivity index (χ4v) is 3.45. The smallest absolute Gasteiger partial charge is 0.336 e. The van der Waals surface area contributed by atoms with Crippen molar-refractivity contribution in [2.45, 2.75) is 40.0 Å². The first kappa shape index (κ1) is 26.3. The minimum Gasteiger partial charge on any atom is -0.462 e. The van der Waals surface area contributed by atoms with E-state index in [1.165, 1.54) is 18.2 Å². The molecule has 1 unspecified atom stereocenters. The number of benzene rings is 1. The standard InChI is InChI=1S/C22H27N3O9/c1-13(2)12-33-22(27)19-15(4)23-14(3)18(21(26)32-9-6-10-34-25(30)31)20(19)16-7-5-8-17(11-16)24(28)29/h5,7-8,11,13,20,23H,6,9-10,12H2,1-4H3. The molecule has 12 nitrogen and oxygen atoms in total. The number of nitro groups is 1. The Morgan fingerprint density at radius 1 is 1.03 bits per heavy atom. The van der Waals surface area contributed by atoms with Crippen molar-refractivity contribution in [3.63, 3.8) is 0 Å².